The Morgan fingerprint density at radius 3 is 1.18 bits per heavy atom. The van der Waals surface area contributed by atoms with E-state index in [1.165, 1.54) is 0 Å². The minimum absolute atomic E-state index is 0.611. The number of para-hydroxylation sites is 4. The van der Waals surface area contributed by atoms with Gasteiger partial charge in [-0.3, -0.25) is 0 Å². The van der Waals surface area contributed by atoms with Crippen molar-refractivity contribution in [2.24, 2.45) is 0 Å². The average molecular weight is 615 g/mol. The summed E-state index contributed by atoms with van der Waals surface area (Å²) < 4.78 is 32.8. The first-order chi connectivity index (χ1) is 21.8. The summed E-state index contributed by atoms with van der Waals surface area (Å²) in [6.07, 6.45) is 0.671. The Hall–Kier alpha value is -4.82. The zero-order valence-corrected chi connectivity index (χ0v) is 25.4. The fraction of sp³-hybridized carbons (Fsp3) is 0.0270. The van der Waals surface area contributed by atoms with E-state index >= 15 is 0 Å². The van der Waals surface area contributed by atoms with Crippen molar-refractivity contribution in [3.63, 3.8) is 0 Å². The molecule has 44 heavy (non-hydrogen) atoms. The molecule has 216 valence electrons. The average Bonchev–Trinajstić information content (AvgIpc) is 3.09. The lowest BCUT2D eigenvalue weighted by atomic mass is 10.00. The molecule has 0 amide bonds. The molecule has 7 heteroatoms. The van der Waals surface area contributed by atoms with Crippen molar-refractivity contribution in [1.82, 2.24) is 0 Å². The van der Waals surface area contributed by atoms with Gasteiger partial charge in [0.25, 0.3) is 0 Å². The van der Waals surface area contributed by atoms with Gasteiger partial charge >= 0.3 is 16.8 Å². The molecule has 0 aromatic heterocycles. The smallest absolute Gasteiger partial charge is 0.326 e. The van der Waals surface area contributed by atoms with Crippen LogP contribution in [0.5, 0.6) is 34.5 Å². The predicted octanol–water partition coefficient (Wildman–Crippen LogP) is 9.57. The number of rotatable bonds is 10. The van der Waals surface area contributed by atoms with Gasteiger partial charge in [-0.1, -0.05) is 97.1 Å². The molecular formula is C37H28O5P2. The third-order valence-electron chi connectivity index (χ3n) is 6.87. The summed E-state index contributed by atoms with van der Waals surface area (Å²) in [6, 6.07) is 51.4. The van der Waals surface area contributed by atoms with Gasteiger partial charge in [-0.15, -0.1) is 0 Å². The van der Waals surface area contributed by atoms with Crippen LogP contribution < -0.4 is 33.4 Å². The number of hydrogen-bond acceptors (Lipinski definition) is 5. The number of ether oxygens (including phenoxy) is 1. The van der Waals surface area contributed by atoms with E-state index in [0.29, 0.717) is 29.4 Å². The third-order valence-corrected chi connectivity index (χ3v) is 9.78. The van der Waals surface area contributed by atoms with E-state index in [1.54, 1.807) is 0 Å². The Balaban J connectivity index is 1.20. The van der Waals surface area contributed by atoms with Gasteiger partial charge in [0.1, 0.15) is 11.5 Å². The molecular weight excluding hydrogens is 586 g/mol. The zero-order valence-electron chi connectivity index (χ0n) is 23.7. The molecule has 1 aliphatic rings. The van der Waals surface area contributed by atoms with Gasteiger partial charge in [-0.2, -0.15) is 0 Å². The summed E-state index contributed by atoms with van der Waals surface area (Å²) in [7, 11) is -3.00. The summed E-state index contributed by atoms with van der Waals surface area (Å²) in [6.45, 7) is 0. The van der Waals surface area contributed by atoms with Crippen molar-refractivity contribution in [1.29, 1.82) is 0 Å². The minimum atomic E-state index is -1.50. The van der Waals surface area contributed by atoms with Gasteiger partial charge in [0.2, 0.25) is 0 Å². The molecule has 0 spiro atoms. The number of benzene rings is 6. The van der Waals surface area contributed by atoms with Crippen molar-refractivity contribution < 1.29 is 22.8 Å². The first-order valence-electron chi connectivity index (χ1n) is 14.2. The molecule has 0 bridgehead atoms. The molecule has 0 radical (unpaired) electrons. The fourth-order valence-electron chi connectivity index (χ4n) is 4.76. The Morgan fingerprint density at radius 1 is 0.386 bits per heavy atom. The highest BCUT2D eigenvalue weighted by molar-refractivity contribution is 7.57. The normalized spacial score (nSPS) is 12.9. The lowest BCUT2D eigenvalue weighted by Crippen LogP contribution is -2.12. The summed E-state index contributed by atoms with van der Waals surface area (Å²) in [4.78, 5) is 0. The van der Waals surface area contributed by atoms with Crippen molar-refractivity contribution >= 4 is 27.4 Å². The highest BCUT2D eigenvalue weighted by Gasteiger charge is 2.29. The lowest BCUT2D eigenvalue weighted by Gasteiger charge is -2.27. The molecule has 0 aliphatic carbocycles. The van der Waals surface area contributed by atoms with E-state index in [-0.39, 0.29) is 0 Å². The van der Waals surface area contributed by atoms with Crippen molar-refractivity contribution in [3.8, 4) is 34.5 Å². The van der Waals surface area contributed by atoms with Gasteiger partial charge in [-0.05, 0) is 60.7 Å². The van der Waals surface area contributed by atoms with Gasteiger partial charge in [0.05, 0.1) is 10.6 Å². The van der Waals surface area contributed by atoms with Crippen LogP contribution in [0.2, 0.25) is 0 Å². The quantitative estimate of drug-likeness (QED) is 0.144. The minimum Gasteiger partial charge on any atom is -0.449 e. The van der Waals surface area contributed by atoms with E-state index in [2.05, 4.69) is 12.1 Å². The topological polar surface area (TPSA) is 46.2 Å². The van der Waals surface area contributed by atoms with Crippen molar-refractivity contribution in [3.05, 3.63) is 169 Å². The Morgan fingerprint density at radius 2 is 0.773 bits per heavy atom. The van der Waals surface area contributed by atoms with E-state index < -0.39 is 16.8 Å². The third kappa shape index (κ3) is 6.40. The molecule has 6 aromatic rings. The summed E-state index contributed by atoms with van der Waals surface area (Å²) >= 11 is 0. The maximum absolute atomic E-state index is 6.67. The Labute approximate surface area is 259 Å². The fourth-order valence-corrected chi connectivity index (χ4v) is 7.36. The molecule has 5 nitrogen and oxygen atoms in total. The molecule has 0 fully saturated rings. The standard InChI is InChI=1S/C37H28O5P2/c1-5-17-30(18-6-1)39-43(32-21-9-3-10-22-32)41-34-25-13-15-28-27-29-16-14-26-35(37(29)38-36(28)34)42-44(33-23-11-4-12-24-33)40-31-19-7-2-8-20-31/h1-26H,27H2. The molecule has 1 heterocycles. The van der Waals surface area contributed by atoms with Crippen LogP contribution in [0.25, 0.3) is 0 Å². The molecule has 0 saturated heterocycles. The monoisotopic (exact) mass is 614 g/mol. The van der Waals surface area contributed by atoms with Gasteiger partial charge in [0.15, 0.2) is 23.0 Å². The number of fused-ring (bicyclic) bond motifs is 2. The zero-order chi connectivity index (χ0) is 29.6. The summed E-state index contributed by atoms with van der Waals surface area (Å²) in [5, 5.41) is 1.91. The van der Waals surface area contributed by atoms with Crippen LogP contribution in [0.15, 0.2) is 158 Å². The second kappa shape index (κ2) is 13.2. The SMILES string of the molecule is c1ccc(OP(Oc2cccc3c2Oc2c(cccc2OP(Oc2ccccc2)c2ccccc2)C3)c2ccccc2)cc1. The van der Waals surface area contributed by atoms with Crippen molar-refractivity contribution in [2.75, 3.05) is 0 Å². The largest absolute Gasteiger partial charge is 0.449 e. The first kappa shape index (κ1) is 28.0. The maximum atomic E-state index is 6.67. The highest BCUT2D eigenvalue weighted by atomic mass is 31.2. The first-order valence-corrected chi connectivity index (χ1v) is 16.6. The maximum Gasteiger partial charge on any atom is 0.326 e. The van der Waals surface area contributed by atoms with E-state index in [0.717, 1.165) is 33.2 Å². The molecule has 0 saturated carbocycles. The summed E-state index contributed by atoms with van der Waals surface area (Å²) in [5.41, 5.74) is 2.06. The molecule has 1 aliphatic heterocycles. The van der Waals surface area contributed by atoms with Crippen LogP contribution in [-0.4, -0.2) is 0 Å². The van der Waals surface area contributed by atoms with Crippen molar-refractivity contribution in [2.45, 2.75) is 6.42 Å². The lowest BCUT2D eigenvalue weighted by molar-refractivity contribution is 0.405. The van der Waals surface area contributed by atoms with Gasteiger partial charge < -0.3 is 22.8 Å². The van der Waals surface area contributed by atoms with E-state index in [1.807, 2.05) is 146 Å². The molecule has 2 atom stereocenters. The molecule has 0 N–H and O–H groups in total. The molecule has 7 rings (SSSR count). The van der Waals surface area contributed by atoms with Crippen LogP contribution in [0.1, 0.15) is 11.1 Å². The Kier molecular flexibility index (Phi) is 8.41. The van der Waals surface area contributed by atoms with Crippen LogP contribution in [0, 0.1) is 0 Å². The predicted molar refractivity (Wildman–Crippen MR) is 177 cm³/mol. The van der Waals surface area contributed by atoms with Crippen LogP contribution in [-0.2, 0) is 6.42 Å². The second-order valence-electron chi connectivity index (χ2n) is 9.94. The van der Waals surface area contributed by atoms with Crippen LogP contribution >= 0.6 is 16.8 Å². The van der Waals surface area contributed by atoms with Gasteiger partial charge in [-0.25, -0.2) is 0 Å². The van der Waals surface area contributed by atoms with E-state index in [9.17, 15) is 0 Å². The number of hydrogen-bond donors (Lipinski definition) is 0. The van der Waals surface area contributed by atoms with Crippen LogP contribution in [0.4, 0.5) is 0 Å². The van der Waals surface area contributed by atoms with Crippen LogP contribution in [0.3, 0.4) is 0 Å². The second-order valence-corrected chi connectivity index (χ2v) is 12.7. The Bertz CT molecular complexity index is 1690. The highest BCUT2D eigenvalue weighted by Crippen LogP contribution is 2.52. The summed E-state index contributed by atoms with van der Waals surface area (Å²) in [5.74, 6) is 4.01. The van der Waals surface area contributed by atoms with Gasteiger partial charge in [0, 0.05) is 17.5 Å². The molecule has 6 aromatic carbocycles. The van der Waals surface area contributed by atoms with E-state index in [4.69, 9.17) is 22.8 Å². The molecule has 2 unspecified atom stereocenters.